The zero-order valence-electron chi connectivity index (χ0n) is 21.3. The average Bonchev–Trinajstić information content (AvgIpc) is 2.73. The number of rotatable bonds is 6. The Morgan fingerprint density at radius 1 is 0.938 bits per heavy atom. The van der Waals surface area contributed by atoms with Gasteiger partial charge in [0.05, 0.1) is 11.7 Å². The summed E-state index contributed by atoms with van der Waals surface area (Å²) in [6.07, 6.45) is 4.41. The van der Waals surface area contributed by atoms with Gasteiger partial charge in [0.25, 0.3) is 0 Å². The minimum Gasteiger partial charge on any atom is -0.507 e. The first-order valence-electron chi connectivity index (χ1n) is 12.3. The molecule has 1 aromatic carbocycles. The van der Waals surface area contributed by atoms with Gasteiger partial charge in [-0.25, -0.2) is 0 Å². The van der Waals surface area contributed by atoms with Crippen LogP contribution in [0, 0.1) is 0 Å². The maximum atomic E-state index is 11.2. The molecule has 176 valence electrons. The van der Waals surface area contributed by atoms with E-state index in [2.05, 4.69) is 82.5 Å². The fourth-order valence-electron chi connectivity index (χ4n) is 4.69. The minimum atomic E-state index is -0.145. The van der Waals surface area contributed by atoms with Gasteiger partial charge >= 0.3 is 0 Å². The summed E-state index contributed by atoms with van der Waals surface area (Å²) in [5.74, 6) is 0.443. The van der Waals surface area contributed by atoms with Crippen molar-refractivity contribution in [2.75, 3.05) is 32.7 Å². The van der Waals surface area contributed by atoms with Crippen LogP contribution in [0.1, 0.15) is 89.7 Å². The third-order valence-electron chi connectivity index (χ3n) is 6.63. The van der Waals surface area contributed by atoms with Crippen molar-refractivity contribution < 1.29 is 5.11 Å². The number of phenolic OH excluding ortho intramolecular Hbond substituents is 1. The third kappa shape index (κ3) is 5.71. The van der Waals surface area contributed by atoms with Gasteiger partial charge in [-0.2, -0.15) is 0 Å². The molecule has 3 rings (SSSR count). The number of piperazine rings is 1. The van der Waals surface area contributed by atoms with Gasteiger partial charge in [0.1, 0.15) is 5.75 Å². The Hall–Kier alpha value is -1.91. The highest BCUT2D eigenvalue weighted by molar-refractivity contribution is 5.51. The number of nitrogens with zero attached hydrogens (tertiary/aromatic N) is 3. The molecule has 1 fully saturated rings. The predicted octanol–water partition coefficient (Wildman–Crippen LogP) is 5.89. The van der Waals surface area contributed by atoms with Crippen molar-refractivity contribution in [2.45, 2.75) is 78.2 Å². The molecule has 1 saturated heterocycles. The number of aromatic nitrogens is 1. The molecule has 0 amide bonds. The number of unbranched alkanes of at least 4 members (excludes halogenated alkanes) is 1. The summed E-state index contributed by atoms with van der Waals surface area (Å²) in [5.41, 5.74) is 4.06. The van der Waals surface area contributed by atoms with Crippen molar-refractivity contribution in [3.8, 4) is 5.75 Å². The molecule has 0 bridgehead atoms. The van der Waals surface area contributed by atoms with Gasteiger partial charge in [-0.15, -0.1) is 0 Å². The highest BCUT2D eigenvalue weighted by atomic mass is 16.3. The van der Waals surface area contributed by atoms with Crippen molar-refractivity contribution in [1.29, 1.82) is 0 Å². The van der Waals surface area contributed by atoms with Gasteiger partial charge in [0.2, 0.25) is 0 Å². The summed E-state index contributed by atoms with van der Waals surface area (Å²) < 4.78 is 0. The molecule has 0 spiro atoms. The zero-order valence-corrected chi connectivity index (χ0v) is 21.3. The molecule has 2 aromatic rings. The Labute approximate surface area is 195 Å². The van der Waals surface area contributed by atoms with E-state index in [4.69, 9.17) is 4.98 Å². The molecule has 1 atom stereocenters. The van der Waals surface area contributed by atoms with Crippen LogP contribution in [0.4, 0.5) is 0 Å². The van der Waals surface area contributed by atoms with E-state index in [0.717, 1.165) is 43.0 Å². The van der Waals surface area contributed by atoms with Gasteiger partial charge < -0.3 is 10.0 Å². The predicted molar refractivity (Wildman–Crippen MR) is 135 cm³/mol. The molecule has 4 nitrogen and oxygen atoms in total. The van der Waals surface area contributed by atoms with Gasteiger partial charge in [-0.1, -0.05) is 61.0 Å². The lowest BCUT2D eigenvalue weighted by Gasteiger charge is -2.40. The molecule has 32 heavy (non-hydrogen) atoms. The molecule has 0 saturated carbocycles. The number of phenols is 1. The van der Waals surface area contributed by atoms with Crippen molar-refractivity contribution in [1.82, 2.24) is 14.8 Å². The van der Waals surface area contributed by atoms with E-state index in [1.165, 1.54) is 24.9 Å². The Morgan fingerprint density at radius 2 is 1.53 bits per heavy atom. The lowest BCUT2D eigenvalue weighted by Crippen LogP contribution is -2.48. The van der Waals surface area contributed by atoms with Crippen LogP contribution in [0.15, 0.2) is 36.5 Å². The summed E-state index contributed by atoms with van der Waals surface area (Å²) in [6.45, 7) is 20.8. The van der Waals surface area contributed by atoms with Crippen molar-refractivity contribution in [3.63, 3.8) is 0 Å². The smallest absolute Gasteiger partial charge is 0.123 e. The first kappa shape index (κ1) is 24.7. The van der Waals surface area contributed by atoms with Gasteiger partial charge in [-0.05, 0) is 64.8 Å². The first-order chi connectivity index (χ1) is 15.0. The highest BCUT2D eigenvalue weighted by Crippen LogP contribution is 2.42. The SMILES string of the molecule is CCCCN1CCN(C(c2cc(C(C)(C)C)c(O)c(C(C)(C)C)c2)c2ccccn2)CC1. The van der Waals surface area contributed by atoms with E-state index in [1.54, 1.807) is 0 Å². The normalized spacial score (nSPS) is 17.5. The van der Waals surface area contributed by atoms with Crippen LogP contribution >= 0.6 is 0 Å². The van der Waals surface area contributed by atoms with Crippen LogP contribution in [-0.4, -0.2) is 52.6 Å². The molecule has 1 unspecified atom stereocenters. The van der Waals surface area contributed by atoms with Crippen molar-refractivity contribution >= 4 is 0 Å². The summed E-state index contributed by atoms with van der Waals surface area (Å²) in [7, 11) is 0. The largest absolute Gasteiger partial charge is 0.507 e. The molecule has 2 heterocycles. The summed E-state index contributed by atoms with van der Waals surface area (Å²) in [6, 6.07) is 10.8. The third-order valence-corrected chi connectivity index (χ3v) is 6.63. The molecule has 0 aliphatic carbocycles. The number of aromatic hydroxyl groups is 1. The second-order valence-electron chi connectivity index (χ2n) is 11.4. The number of benzene rings is 1. The zero-order chi connectivity index (χ0) is 23.5. The van der Waals surface area contributed by atoms with Crippen LogP contribution < -0.4 is 0 Å². The Kier molecular flexibility index (Phi) is 7.67. The lowest BCUT2D eigenvalue weighted by atomic mass is 9.77. The molecule has 1 aromatic heterocycles. The standard InChI is InChI=1S/C28H43N3O/c1-8-9-14-30-15-17-31(18-16-30)25(24-12-10-11-13-29-24)21-19-22(27(2,3)4)26(32)23(20-21)28(5,6)7/h10-13,19-20,25,32H,8-9,14-18H2,1-7H3. The maximum Gasteiger partial charge on any atom is 0.123 e. The average molecular weight is 438 g/mol. The quantitative estimate of drug-likeness (QED) is 0.612. The van der Waals surface area contributed by atoms with E-state index in [0.29, 0.717) is 5.75 Å². The second-order valence-corrected chi connectivity index (χ2v) is 11.4. The summed E-state index contributed by atoms with van der Waals surface area (Å²) in [4.78, 5) is 9.96. The van der Waals surface area contributed by atoms with Crippen LogP contribution in [0.3, 0.4) is 0 Å². The maximum absolute atomic E-state index is 11.2. The highest BCUT2D eigenvalue weighted by Gasteiger charge is 2.32. The second kappa shape index (κ2) is 9.93. The van der Waals surface area contributed by atoms with Crippen LogP contribution in [0.25, 0.3) is 0 Å². The fourth-order valence-corrected chi connectivity index (χ4v) is 4.69. The van der Waals surface area contributed by atoms with E-state index in [1.807, 2.05) is 12.3 Å². The number of pyridine rings is 1. The van der Waals surface area contributed by atoms with Crippen LogP contribution in [-0.2, 0) is 10.8 Å². The monoisotopic (exact) mass is 437 g/mol. The topological polar surface area (TPSA) is 39.6 Å². The summed E-state index contributed by atoms with van der Waals surface area (Å²) in [5, 5.41) is 11.2. The molecule has 0 radical (unpaired) electrons. The first-order valence-corrected chi connectivity index (χ1v) is 12.3. The Morgan fingerprint density at radius 3 is 2.00 bits per heavy atom. The van der Waals surface area contributed by atoms with Gasteiger partial charge in [0.15, 0.2) is 0 Å². The molecule has 4 heteroatoms. The van der Waals surface area contributed by atoms with Gasteiger partial charge in [0, 0.05) is 32.4 Å². The van der Waals surface area contributed by atoms with Crippen LogP contribution in [0.2, 0.25) is 0 Å². The number of hydrogen-bond acceptors (Lipinski definition) is 4. The van der Waals surface area contributed by atoms with Crippen LogP contribution in [0.5, 0.6) is 5.75 Å². The molecular weight excluding hydrogens is 394 g/mol. The number of hydrogen-bond donors (Lipinski definition) is 1. The minimum absolute atomic E-state index is 0.0901. The van der Waals surface area contributed by atoms with E-state index >= 15 is 0 Å². The molecule has 1 aliphatic rings. The summed E-state index contributed by atoms with van der Waals surface area (Å²) >= 11 is 0. The Balaban J connectivity index is 2.06. The molecule has 1 aliphatic heterocycles. The van der Waals surface area contributed by atoms with E-state index in [-0.39, 0.29) is 16.9 Å². The van der Waals surface area contributed by atoms with E-state index in [9.17, 15) is 5.11 Å². The van der Waals surface area contributed by atoms with Gasteiger partial charge in [-0.3, -0.25) is 9.88 Å². The molecular formula is C28H43N3O. The Bertz CT molecular complexity index is 837. The van der Waals surface area contributed by atoms with E-state index < -0.39 is 0 Å². The van der Waals surface area contributed by atoms with Crippen molar-refractivity contribution in [3.05, 3.63) is 58.9 Å². The molecule has 1 N–H and O–H groups in total. The lowest BCUT2D eigenvalue weighted by molar-refractivity contribution is 0.107. The van der Waals surface area contributed by atoms with Crippen molar-refractivity contribution in [2.24, 2.45) is 0 Å². The fraction of sp³-hybridized carbons (Fsp3) is 0.607.